The molecular weight excluding hydrogens is 546 g/mol. The molecule has 2 aliphatic carbocycles. The van der Waals surface area contributed by atoms with Gasteiger partial charge in [-0.2, -0.15) is 18.3 Å². The van der Waals surface area contributed by atoms with E-state index < -0.39 is 53.1 Å². The molecule has 12 heteroatoms. The first kappa shape index (κ1) is 28.4. The lowest BCUT2D eigenvalue weighted by Crippen LogP contribution is -2.40. The molecule has 7 nitrogen and oxygen atoms in total. The van der Waals surface area contributed by atoms with Gasteiger partial charge >= 0.3 is 12.1 Å². The summed E-state index contributed by atoms with van der Waals surface area (Å²) in [5, 5.41) is 13.6. The van der Waals surface area contributed by atoms with Crippen molar-refractivity contribution in [2.75, 3.05) is 13.1 Å². The summed E-state index contributed by atoms with van der Waals surface area (Å²) in [6, 6.07) is 3.79. The van der Waals surface area contributed by atoms with Crippen molar-refractivity contribution in [1.29, 1.82) is 0 Å². The number of halogens is 5. The minimum absolute atomic E-state index is 0.00464. The molecule has 1 aromatic heterocycles. The number of hydrogen-bond acceptors (Lipinski definition) is 4. The number of carboxylic acid groups (broad SMARTS) is 1. The molecule has 0 atom stereocenters. The lowest BCUT2D eigenvalue weighted by Gasteiger charge is -2.34. The maximum absolute atomic E-state index is 14.4. The van der Waals surface area contributed by atoms with Crippen LogP contribution in [0.2, 0.25) is 10.0 Å². The molecule has 1 amide bonds. The third-order valence-corrected chi connectivity index (χ3v) is 8.38. The minimum atomic E-state index is -4.90. The highest BCUT2D eigenvalue weighted by Gasteiger charge is 2.46. The Bertz CT molecular complexity index is 1240. The Hall–Kier alpha value is -2.59. The maximum atomic E-state index is 14.4. The molecule has 38 heavy (non-hydrogen) atoms. The maximum Gasteiger partial charge on any atom is 0.433 e. The fourth-order valence-corrected chi connectivity index (χ4v) is 5.60. The third kappa shape index (κ3) is 5.71. The molecule has 2 saturated carbocycles. The van der Waals surface area contributed by atoms with Crippen LogP contribution in [-0.2, 0) is 11.0 Å². The standard InChI is InChI=1S/C26H28Cl2F3N3O4/c1-24(10-11-24)14-33(13-19(35)20-17(27)4-3-5-18(20)28)22(36)16-12-32-34(21(16)26(29,30)31)15-6-8-25(2,9-7-15)23(37)38/h3-5,12,15H,6-11,13-14H2,1-2H3,(H,37,38). The Morgan fingerprint density at radius 3 is 2.18 bits per heavy atom. The molecule has 0 radical (unpaired) electrons. The van der Waals surface area contributed by atoms with Gasteiger partial charge in [-0.25, -0.2) is 0 Å². The molecule has 0 unspecified atom stereocenters. The van der Waals surface area contributed by atoms with E-state index in [-0.39, 0.29) is 53.3 Å². The predicted molar refractivity (Wildman–Crippen MR) is 135 cm³/mol. The molecule has 2 fully saturated rings. The Kier molecular flexibility index (Phi) is 7.62. The van der Waals surface area contributed by atoms with E-state index in [1.54, 1.807) is 13.0 Å². The van der Waals surface area contributed by atoms with Crippen LogP contribution in [0.15, 0.2) is 24.4 Å². The van der Waals surface area contributed by atoms with Crippen molar-refractivity contribution in [1.82, 2.24) is 14.7 Å². The zero-order valence-corrected chi connectivity index (χ0v) is 22.5. The second-order valence-electron chi connectivity index (χ2n) is 10.9. The average Bonchev–Trinajstić information content (AvgIpc) is 3.37. The molecule has 1 heterocycles. The summed E-state index contributed by atoms with van der Waals surface area (Å²) in [4.78, 5) is 39.4. The quantitative estimate of drug-likeness (QED) is 0.362. The second-order valence-corrected chi connectivity index (χ2v) is 11.8. The summed E-state index contributed by atoms with van der Waals surface area (Å²) in [5.41, 5.74) is -3.16. The molecular formula is C26H28Cl2F3N3O4. The number of aliphatic carboxylic acids is 1. The molecule has 2 aromatic rings. The fourth-order valence-electron chi connectivity index (χ4n) is 5.00. The summed E-state index contributed by atoms with van der Waals surface area (Å²) in [7, 11) is 0. The molecule has 0 spiro atoms. The summed E-state index contributed by atoms with van der Waals surface area (Å²) >= 11 is 12.3. The Labute approximate surface area is 227 Å². The first-order valence-corrected chi connectivity index (χ1v) is 13.1. The van der Waals surface area contributed by atoms with Crippen LogP contribution in [0.4, 0.5) is 13.2 Å². The van der Waals surface area contributed by atoms with Crippen molar-refractivity contribution < 1.29 is 32.7 Å². The highest BCUT2D eigenvalue weighted by molar-refractivity contribution is 6.40. The van der Waals surface area contributed by atoms with Gasteiger partial charge in [0.2, 0.25) is 0 Å². The van der Waals surface area contributed by atoms with Gasteiger partial charge in [-0.05, 0) is 63.0 Å². The molecule has 1 N–H and O–H groups in total. The van der Waals surface area contributed by atoms with Crippen LogP contribution in [0, 0.1) is 10.8 Å². The van der Waals surface area contributed by atoms with Crippen molar-refractivity contribution >= 4 is 40.9 Å². The van der Waals surface area contributed by atoms with Crippen LogP contribution < -0.4 is 0 Å². The monoisotopic (exact) mass is 573 g/mol. The van der Waals surface area contributed by atoms with Crippen LogP contribution in [0.3, 0.4) is 0 Å². The number of Topliss-reactive ketones (excluding diaryl/α,β-unsaturated/α-hetero) is 1. The van der Waals surface area contributed by atoms with E-state index in [2.05, 4.69) is 5.10 Å². The normalized spacial score (nSPS) is 22.7. The van der Waals surface area contributed by atoms with Crippen molar-refractivity contribution in [2.45, 2.75) is 64.6 Å². The van der Waals surface area contributed by atoms with Crippen molar-refractivity contribution in [3.63, 3.8) is 0 Å². The van der Waals surface area contributed by atoms with E-state index in [1.165, 1.54) is 12.1 Å². The number of carbonyl (C=O) groups excluding carboxylic acids is 2. The van der Waals surface area contributed by atoms with Crippen LogP contribution in [0.1, 0.15) is 84.8 Å². The first-order chi connectivity index (χ1) is 17.7. The zero-order chi connectivity index (χ0) is 28.0. The molecule has 0 aliphatic heterocycles. The first-order valence-electron chi connectivity index (χ1n) is 12.3. The number of alkyl halides is 3. The van der Waals surface area contributed by atoms with Gasteiger partial charge in [-0.3, -0.25) is 19.1 Å². The van der Waals surface area contributed by atoms with Gasteiger partial charge in [0.05, 0.1) is 45.4 Å². The zero-order valence-electron chi connectivity index (χ0n) is 20.9. The predicted octanol–water partition coefficient (Wildman–Crippen LogP) is 6.54. The third-order valence-electron chi connectivity index (χ3n) is 7.75. The Balaban J connectivity index is 1.66. The number of aromatic nitrogens is 2. The largest absolute Gasteiger partial charge is 0.481 e. The number of carboxylic acids is 1. The summed E-state index contributed by atoms with van der Waals surface area (Å²) < 4.78 is 43.9. The van der Waals surface area contributed by atoms with Crippen molar-refractivity contribution in [2.24, 2.45) is 10.8 Å². The minimum Gasteiger partial charge on any atom is -0.481 e. The van der Waals surface area contributed by atoms with E-state index in [9.17, 15) is 32.7 Å². The fraction of sp³-hybridized carbons (Fsp3) is 0.538. The van der Waals surface area contributed by atoms with Gasteiger partial charge in [0.15, 0.2) is 11.5 Å². The number of ketones is 1. The van der Waals surface area contributed by atoms with Gasteiger partial charge in [-0.15, -0.1) is 0 Å². The van der Waals surface area contributed by atoms with Crippen molar-refractivity contribution in [3.8, 4) is 0 Å². The number of benzene rings is 1. The lowest BCUT2D eigenvalue weighted by atomic mass is 9.74. The summed E-state index contributed by atoms with van der Waals surface area (Å²) in [5.74, 6) is -2.53. The van der Waals surface area contributed by atoms with E-state index in [4.69, 9.17) is 23.2 Å². The molecule has 4 rings (SSSR count). The number of carbonyl (C=O) groups is 3. The Morgan fingerprint density at radius 2 is 1.68 bits per heavy atom. The van der Waals surface area contributed by atoms with Gasteiger partial charge in [0.25, 0.3) is 5.91 Å². The van der Waals surface area contributed by atoms with Crippen LogP contribution in [0.25, 0.3) is 0 Å². The van der Waals surface area contributed by atoms with Crippen LogP contribution in [-0.4, -0.2) is 50.5 Å². The van der Waals surface area contributed by atoms with Gasteiger partial charge < -0.3 is 10.0 Å². The highest BCUT2D eigenvalue weighted by atomic mass is 35.5. The van der Waals surface area contributed by atoms with Crippen LogP contribution in [0.5, 0.6) is 0 Å². The average molecular weight is 574 g/mol. The van der Waals surface area contributed by atoms with E-state index in [0.29, 0.717) is 0 Å². The summed E-state index contributed by atoms with van der Waals surface area (Å²) in [6.07, 6.45) is -1.75. The van der Waals surface area contributed by atoms with E-state index in [0.717, 1.165) is 28.6 Å². The molecule has 1 aromatic carbocycles. The molecule has 2 aliphatic rings. The molecule has 206 valence electrons. The number of hydrogen-bond donors (Lipinski definition) is 1. The SMILES string of the molecule is CC1(CN(CC(=O)c2c(Cl)cccc2Cl)C(=O)c2cnn(C3CCC(C)(C(=O)O)CC3)c2C(F)(F)F)CC1. The van der Waals surface area contributed by atoms with Gasteiger partial charge in [0.1, 0.15) is 0 Å². The number of nitrogens with zero attached hydrogens (tertiary/aromatic N) is 3. The van der Waals surface area contributed by atoms with Gasteiger partial charge in [0, 0.05) is 6.54 Å². The lowest BCUT2D eigenvalue weighted by molar-refractivity contribution is -0.152. The second kappa shape index (κ2) is 10.2. The van der Waals surface area contributed by atoms with E-state index in [1.807, 2.05) is 6.92 Å². The number of rotatable bonds is 8. The summed E-state index contributed by atoms with van der Waals surface area (Å²) in [6.45, 7) is 3.06. The molecule has 0 saturated heterocycles. The highest BCUT2D eigenvalue weighted by Crippen LogP contribution is 2.47. The van der Waals surface area contributed by atoms with E-state index >= 15 is 0 Å². The number of amides is 1. The molecule has 0 bridgehead atoms. The van der Waals surface area contributed by atoms with Gasteiger partial charge in [-0.1, -0.05) is 36.2 Å². The smallest absolute Gasteiger partial charge is 0.433 e. The van der Waals surface area contributed by atoms with Crippen LogP contribution >= 0.6 is 23.2 Å². The topological polar surface area (TPSA) is 92.5 Å². The van der Waals surface area contributed by atoms with Crippen molar-refractivity contribution in [3.05, 3.63) is 51.3 Å². The Morgan fingerprint density at radius 1 is 1.11 bits per heavy atom.